The lowest BCUT2D eigenvalue weighted by molar-refractivity contribution is -0.135. The highest BCUT2D eigenvalue weighted by atomic mass is 16.2. The summed E-state index contributed by atoms with van der Waals surface area (Å²) in [7, 11) is 0. The van der Waals surface area contributed by atoms with Crippen molar-refractivity contribution >= 4 is 11.7 Å². The Morgan fingerprint density at radius 1 is 1.62 bits per heavy atom. The Bertz CT molecular complexity index is 143. The van der Waals surface area contributed by atoms with E-state index in [1.54, 1.807) is 0 Å². The number of ketones is 1. The molecule has 0 aromatic heterocycles. The number of nitrogens with one attached hydrogen (secondary N) is 1. The van der Waals surface area contributed by atoms with E-state index in [1.807, 2.05) is 0 Å². The molecule has 8 heavy (non-hydrogen) atoms. The van der Waals surface area contributed by atoms with Crippen LogP contribution in [0.4, 0.5) is 0 Å². The highest BCUT2D eigenvalue weighted by molar-refractivity contribution is 6.40. The van der Waals surface area contributed by atoms with E-state index in [1.165, 1.54) is 0 Å². The third-order valence-corrected chi connectivity index (χ3v) is 1.04. The van der Waals surface area contributed by atoms with Crippen molar-refractivity contribution in [2.45, 2.75) is 6.04 Å². The highest BCUT2D eigenvalue weighted by Gasteiger charge is 2.28. The van der Waals surface area contributed by atoms with Crippen molar-refractivity contribution in [1.82, 2.24) is 5.32 Å². The molecule has 4 heteroatoms. The zero-order valence-electron chi connectivity index (χ0n) is 4.18. The molecule has 44 valence electrons. The molecule has 0 aromatic carbocycles. The molecule has 1 atom stereocenters. The number of nitrogens with two attached hydrogens (primary N) is 1. The first-order valence-corrected chi connectivity index (χ1v) is 2.29. The molecule has 1 amide bonds. The quantitative estimate of drug-likeness (QED) is 0.358. The highest BCUT2D eigenvalue weighted by Crippen LogP contribution is 1.88. The lowest BCUT2D eigenvalue weighted by atomic mass is 10.3. The van der Waals surface area contributed by atoms with Gasteiger partial charge in [0.15, 0.2) is 0 Å². The van der Waals surface area contributed by atoms with Gasteiger partial charge in [0.2, 0.25) is 5.78 Å². The van der Waals surface area contributed by atoms with Crippen LogP contribution in [-0.2, 0) is 9.59 Å². The summed E-state index contributed by atoms with van der Waals surface area (Å²) < 4.78 is 0. The maximum atomic E-state index is 10.4. The SMILES string of the molecule is NC1CNC(=O)C1=O. The van der Waals surface area contributed by atoms with Crippen molar-refractivity contribution in [3.63, 3.8) is 0 Å². The van der Waals surface area contributed by atoms with Gasteiger partial charge in [-0.05, 0) is 0 Å². The smallest absolute Gasteiger partial charge is 0.289 e. The van der Waals surface area contributed by atoms with E-state index in [9.17, 15) is 9.59 Å². The first-order chi connectivity index (χ1) is 3.72. The average molecular weight is 114 g/mol. The van der Waals surface area contributed by atoms with Gasteiger partial charge in [-0.3, -0.25) is 9.59 Å². The van der Waals surface area contributed by atoms with E-state index in [4.69, 9.17) is 5.73 Å². The first kappa shape index (κ1) is 5.24. The third-order valence-electron chi connectivity index (χ3n) is 1.04. The van der Waals surface area contributed by atoms with Crippen LogP contribution in [0.1, 0.15) is 0 Å². The van der Waals surface area contributed by atoms with Gasteiger partial charge in [-0.25, -0.2) is 0 Å². The molecule has 1 heterocycles. The molecule has 4 nitrogen and oxygen atoms in total. The standard InChI is InChI=1S/C4H6N2O2/c5-2-1-6-4(8)3(2)7/h2H,1,5H2,(H,6,8). The minimum absolute atomic E-state index is 0.289. The van der Waals surface area contributed by atoms with Crippen LogP contribution < -0.4 is 11.1 Å². The Kier molecular flexibility index (Phi) is 1.02. The van der Waals surface area contributed by atoms with Crippen LogP contribution >= 0.6 is 0 Å². The second-order valence-corrected chi connectivity index (χ2v) is 1.68. The van der Waals surface area contributed by atoms with Gasteiger partial charge in [0.1, 0.15) is 0 Å². The number of hydrogen-bond donors (Lipinski definition) is 2. The second-order valence-electron chi connectivity index (χ2n) is 1.68. The van der Waals surface area contributed by atoms with Gasteiger partial charge >= 0.3 is 0 Å². The van der Waals surface area contributed by atoms with E-state index in [-0.39, 0.29) is 6.54 Å². The van der Waals surface area contributed by atoms with Gasteiger partial charge in [-0.1, -0.05) is 0 Å². The number of amides is 1. The lowest BCUT2D eigenvalue weighted by Crippen LogP contribution is -2.29. The fourth-order valence-electron chi connectivity index (χ4n) is 0.551. The van der Waals surface area contributed by atoms with E-state index < -0.39 is 17.7 Å². The molecule has 1 fully saturated rings. The summed E-state index contributed by atoms with van der Waals surface area (Å²) in [5, 5.41) is 2.31. The van der Waals surface area contributed by atoms with Gasteiger partial charge in [-0.2, -0.15) is 0 Å². The maximum Gasteiger partial charge on any atom is 0.289 e. The van der Waals surface area contributed by atoms with E-state index in [0.29, 0.717) is 0 Å². The summed E-state index contributed by atoms with van der Waals surface area (Å²) in [5.41, 5.74) is 5.14. The van der Waals surface area contributed by atoms with Crippen molar-refractivity contribution in [2.75, 3.05) is 6.54 Å². The van der Waals surface area contributed by atoms with Crippen molar-refractivity contribution in [3.05, 3.63) is 0 Å². The fourth-order valence-corrected chi connectivity index (χ4v) is 0.551. The second kappa shape index (κ2) is 1.56. The lowest BCUT2D eigenvalue weighted by Gasteiger charge is -1.89. The number of rotatable bonds is 0. The van der Waals surface area contributed by atoms with Gasteiger partial charge in [-0.15, -0.1) is 0 Å². The number of Topliss-reactive ketones (excluding diaryl/α,β-unsaturated/α-hetero) is 1. The summed E-state index contributed by atoms with van der Waals surface area (Å²) in [6, 6.07) is -0.609. The third kappa shape index (κ3) is 0.586. The van der Waals surface area contributed by atoms with Gasteiger partial charge < -0.3 is 11.1 Å². The maximum absolute atomic E-state index is 10.4. The molecule has 3 N–H and O–H groups in total. The minimum atomic E-state index is -0.609. The van der Waals surface area contributed by atoms with Crippen LogP contribution in [0, 0.1) is 0 Å². The minimum Gasteiger partial charge on any atom is -0.347 e. The summed E-state index contributed by atoms with van der Waals surface area (Å²) in [5.74, 6) is -1.07. The molecular formula is C4H6N2O2. The molecule has 1 aliphatic heterocycles. The summed E-state index contributed by atoms with van der Waals surface area (Å²) in [4.78, 5) is 20.6. The molecule has 0 aliphatic carbocycles. The van der Waals surface area contributed by atoms with E-state index in [2.05, 4.69) is 5.32 Å². The van der Waals surface area contributed by atoms with Crippen LogP contribution in [0.15, 0.2) is 0 Å². The Morgan fingerprint density at radius 2 is 2.25 bits per heavy atom. The number of hydrogen-bond acceptors (Lipinski definition) is 3. The normalized spacial score (nSPS) is 28.4. The largest absolute Gasteiger partial charge is 0.347 e. The molecule has 0 saturated carbocycles. The number of carbonyl (C=O) groups is 2. The Balaban J connectivity index is 2.71. The molecular weight excluding hydrogens is 108 g/mol. The predicted molar refractivity (Wildman–Crippen MR) is 26.0 cm³/mol. The molecule has 0 radical (unpaired) electrons. The molecule has 1 saturated heterocycles. The van der Waals surface area contributed by atoms with E-state index in [0.717, 1.165) is 0 Å². The van der Waals surface area contributed by atoms with Gasteiger partial charge in [0.05, 0.1) is 6.04 Å². The van der Waals surface area contributed by atoms with Crippen molar-refractivity contribution in [1.29, 1.82) is 0 Å². The Hall–Kier alpha value is -0.900. The molecule has 1 unspecified atom stereocenters. The van der Waals surface area contributed by atoms with Crippen LogP contribution in [0.3, 0.4) is 0 Å². The molecule has 1 aliphatic rings. The summed E-state index contributed by atoms with van der Waals surface area (Å²) in [6.07, 6.45) is 0. The summed E-state index contributed by atoms with van der Waals surface area (Å²) in [6.45, 7) is 0.289. The van der Waals surface area contributed by atoms with Crippen molar-refractivity contribution in [2.24, 2.45) is 5.73 Å². The number of carbonyl (C=O) groups excluding carboxylic acids is 2. The van der Waals surface area contributed by atoms with E-state index >= 15 is 0 Å². The van der Waals surface area contributed by atoms with Gasteiger partial charge in [0.25, 0.3) is 5.91 Å². The van der Waals surface area contributed by atoms with Crippen molar-refractivity contribution < 1.29 is 9.59 Å². The van der Waals surface area contributed by atoms with Gasteiger partial charge in [0, 0.05) is 6.54 Å². The van der Waals surface area contributed by atoms with Crippen LogP contribution in [-0.4, -0.2) is 24.3 Å². The molecule has 0 spiro atoms. The predicted octanol–water partition coefficient (Wildman–Crippen LogP) is -1.99. The molecule has 0 aromatic rings. The zero-order valence-corrected chi connectivity index (χ0v) is 4.18. The van der Waals surface area contributed by atoms with Crippen LogP contribution in [0.5, 0.6) is 0 Å². The molecule has 1 rings (SSSR count). The zero-order chi connectivity index (χ0) is 6.15. The summed E-state index contributed by atoms with van der Waals surface area (Å²) >= 11 is 0. The van der Waals surface area contributed by atoms with Crippen molar-refractivity contribution in [3.8, 4) is 0 Å². The fraction of sp³-hybridized carbons (Fsp3) is 0.500. The monoisotopic (exact) mass is 114 g/mol. The average Bonchev–Trinajstić information content (AvgIpc) is 1.98. The molecule has 0 bridgehead atoms. The first-order valence-electron chi connectivity index (χ1n) is 2.29. The Morgan fingerprint density at radius 3 is 2.38 bits per heavy atom. The van der Waals surface area contributed by atoms with Crippen LogP contribution in [0.2, 0.25) is 0 Å². The van der Waals surface area contributed by atoms with Crippen LogP contribution in [0.25, 0.3) is 0 Å². The topological polar surface area (TPSA) is 72.2 Å². The Labute approximate surface area is 46.0 Å².